The highest BCUT2D eigenvalue weighted by atomic mass is 16.6. The average Bonchev–Trinajstić information content (AvgIpc) is 3.33. The fourth-order valence-corrected chi connectivity index (χ4v) is 4.81. The lowest BCUT2D eigenvalue weighted by atomic mass is 9.99. The second kappa shape index (κ2) is 12.4. The number of anilines is 1. The summed E-state index contributed by atoms with van der Waals surface area (Å²) in [5.74, 6) is -0.228. The number of carbonyl (C=O) groups excluding carboxylic acids is 3. The Balaban J connectivity index is 1.41. The minimum absolute atomic E-state index is 0.212. The molecule has 1 saturated heterocycles. The van der Waals surface area contributed by atoms with Crippen LogP contribution in [-0.2, 0) is 22.6 Å². The van der Waals surface area contributed by atoms with E-state index in [9.17, 15) is 14.4 Å². The van der Waals surface area contributed by atoms with E-state index in [1.54, 1.807) is 48.5 Å². The summed E-state index contributed by atoms with van der Waals surface area (Å²) in [6, 6.07) is 30.4. The van der Waals surface area contributed by atoms with Crippen molar-refractivity contribution in [1.29, 1.82) is 0 Å². The largest absolute Gasteiger partial charge is 0.496 e. The summed E-state index contributed by atoms with van der Waals surface area (Å²) in [6.07, 6.45) is -1.47. The van der Waals surface area contributed by atoms with Crippen molar-refractivity contribution in [2.45, 2.75) is 32.2 Å². The van der Waals surface area contributed by atoms with Crippen LogP contribution < -0.4 is 15.4 Å². The number of hydrogen-bond donors (Lipinski definition) is 2. The summed E-state index contributed by atoms with van der Waals surface area (Å²) in [7, 11) is 1.51. The van der Waals surface area contributed by atoms with Crippen LogP contribution in [0.1, 0.15) is 38.7 Å². The Morgan fingerprint density at radius 1 is 0.878 bits per heavy atom. The number of cyclic esters (lactones) is 1. The molecule has 1 heterocycles. The number of amides is 3. The number of aryl methyl sites for hydroxylation is 1. The van der Waals surface area contributed by atoms with Gasteiger partial charge in [0.05, 0.1) is 19.2 Å². The van der Waals surface area contributed by atoms with Crippen LogP contribution in [0.4, 0.5) is 10.5 Å². The van der Waals surface area contributed by atoms with Gasteiger partial charge in [0, 0.05) is 12.2 Å². The van der Waals surface area contributed by atoms with Crippen molar-refractivity contribution in [3.63, 3.8) is 0 Å². The summed E-state index contributed by atoms with van der Waals surface area (Å²) in [4.78, 5) is 41.3. The zero-order chi connectivity index (χ0) is 28.8. The van der Waals surface area contributed by atoms with Gasteiger partial charge in [0.2, 0.25) is 5.91 Å². The molecule has 0 radical (unpaired) electrons. The molecule has 0 bridgehead atoms. The van der Waals surface area contributed by atoms with Crippen LogP contribution in [0.15, 0.2) is 103 Å². The zero-order valence-corrected chi connectivity index (χ0v) is 22.9. The summed E-state index contributed by atoms with van der Waals surface area (Å²) >= 11 is 0. The molecule has 0 aromatic heterocycles. The van der Waals surface area contributed by atoms with E-state index in [1.165, 1.54) is 12.0 Å². The SMILES string of the molecule is COc1ccccc1C(=O)Nc1cccc([C@@H]2OC(=O)N(Cc3ccc(C)cc3)[C@H]2C(=O)NCc2ccccc2)c1. The number of nitrogens with one attached hydrogen (secondary N) is 2. The van der Waals surface area contributed by atoms with Crippen molar-refractivity contribution in [2.24, 2.45) is 0 Å². The lowest BCUT2D eigenvalue weighted by Crippen LogP contribution is -2.46. The summed E-state index contributed by atoms with van der Waals surface area (Å²) in [5.41, 5.74) is 4.38. The molecule has 0 unspecified atom stereocenters. The number of ether oxygens (including phenoxy) is 2. The predicted molar refractivity (Wildman–Crippen MR) is 155 cm³/mol. The summed E-state index contributed by atoms with van der Waals surface area (Å²) < 4.78 is 11.1. The summed E-state index contributed by atoms with van der Waals surface area (Å²) in [5, 5.41) is 5.85. The standard InChI is InChI=1S/C33H31N3O5/c1-22-15-17-24(18-16-22)21-36-29(32(38)34-20-23-9-4-3-5-10-23)30(41-33(36)39)25-11-8-12-26(19-25)35-31(37)27-13-6-7-14-28(27)40-2/h3-19,29-30H,20-21H2,1-2H3,(H,34,38)(H,35,37)/t29-,30+/m1/s1. The number of para-hydroxylation sites is 1. The first kappa shape index (κ1) is 27.5. The van der Waals surface area contributed by atoms with Gasteiger partial charge < -0.3 is 20.1 Å². The molecule has 1 aliphatic heterocycles. The monoisotopic (exact) mass is 549 g/mol. The molecule has 4 aromatic rings. The van der Waals surface area contributed by atoms with Crippen molar-refractivity contribution in [3.8, 4) is 5.75 Å². The van der Waals surface area contributed by atoms with Gasteiger partial charge in [-0.2, -0.15) is 0 Å². The average molecular weight is 550 g/mol. The smallest absolute Gasteiger partial charge is 0.411 e. The minimum atomic E-state index is -0.923. The quantitative estimate of drug-likeness (QED) is 0.282. The molecule has 3 amide bonds. The van der Waals surface area contributed by atoms with Gasteiger partial charge in [-0.05, 0) is 47.9 Å². The van der Waals surface area contributed by atoms with E-state index in [4.69, 9.17) is 9.47 Å². The molecule has 0 aliphatic carbocycles. The molecular formula is C33H31N3O5. The second-order valence-corrected chi connectivity index (χ2v) is 9.85. The Morgan fingerprint density at radius 2 is 1.61 bits per heavy atom. The van der Waals surface area contributed by atoms with Crippen LogP contribution in [0.2, 0.25) is 0 Å². The molecule has 1 aliphatic rings. The lowest BCUT2D eigenvalue weighted by Gasteiger charge is -2.24. The maximum Gasteiger partial charge on any atom is 0.411 e. The van der Waals surface area contributed by atoms with Gasteiger partial charge in [0.15, 0.2) is 12.1 Å². The number of hydrogen-bond acceptors (Lipinski definition) is 5. The third kappa shape index (κ3) is 6.38. The van der Waals surface area contributed by atoms with Crippen molar-refractivity contribution in [2.75, 3.05) is 12.4 Å². The number of benzene rings is 4. The first-order valence-corrected chi connectivity index (χ1v) is 13.3. The zero-order valence-electron chi connectivity index (χ0n) is 22.9. The van der Waals surface area contributed by atoms with E-state index in [1.807, 2.05) is 61.5 Å². The van der Waals surface area contributed by atoms with Crippen LogP contribution >= 0.6 is 0 Å². The topological polar surface area (TPSA) is 97.0 Å². The summed E-state index contributed by atoms with van der Waals surface area (Å²) in [6.45, 7) is 2.51. The Hall–Kier alpha value is -5.11. The Kier molecular flexibility index (Phi) is 8.29. The molecule has 8 nitrogen and oxygen atoms in total. The fourth-order valence-electron chi connectivity index (χ4n) is 4.81. The Morgan fingerprint density at radius 3 is 2.37 bits per heavy atom. The van der Waals surface area contributed by atoms with E-state index < -0.39 is 18.2 Å². The first-order valence-electron chi connectivity index (χ1n) is 13.3. The highest BCUT2D eigenvalue weighted by Crippen LogP contribution is 2.35. The van der Waals surface area contributed by atoms with Gasteiger partial charge in [-0.15, -0.1) is 0 Å². The van der Waals surface area contributed by atoms with Crippen LogP contribution in [-0.4, -0.2) is 36.0 Å². The minimum Gasteiger partial charge on any atom is -0.496 e. The molecule has 41 heavy (non-hydrogen) atoms. The number of methoxy groups -OCH3 is 1. The Bertz CT molecular complexity index is 1540. The van der Waals surface area contributed by atoms with Gasteiger partial charge in [-0.3, -0.25) is 14.5 Å². The molecule has 208 valence electrons. The van der Waals surface area contributed by atoms with Gasteiger partial charge in [0.25, 0.3) is 5.91 Å². The van der Waals surface area contributed by atoms with Crippen LogP contribution in [0.5, 0.6) is 5.75 Å². The van der Waals surface area contributed by atoms with E-state index in [0.717, 1.165) is 16.7 Å². The van der Waals surface area contributed by atoms with Crippen molar-refractivity contribution in [1.82, 2.24) is 10.2 Å². The van der Waals surface area contributed by atoms with Crippen molar-refractivity contribution < 1.29 is 23.9 Å². The highest BCUT2D eigenvalue weighted by molar-refractivity contribution is 6.06. The highest BCUT2D eigenvalue weighted by Gasteiger charge is 2.47. The number of nitrogens with zero attached hydrogens (tertiary/aromatic N) is 1. The lowest BCUT2D eigenvalue weighted by molar-refractivity contribution is -0.126. The van der Waals surface area contributed by atoms with Crippen LogP contribution in [0.3, 0.4) is 0 Å². The van der Waals surface area contributed by atoms with Crippen LogP contribution in [0.25, 0.3) is 0 Å². The Labute approximate surface area is 238 Å². The van der Waals surface area contributed by atoms with Gasteiger partial charge >= 0.3 is 6.09 Å². The van der Waals surface area contributed by atoms with E-state index in [-0.39, 0.29) is 18.4 Å². The molecular weight excluding hydrogens is 518 g/mol. The van der Waals surface area contributed by atoms with E-state index in [0.29, 0.717) is 29.1 Å². The normalized spacial score (nSPS) is 16.1. The maximum absolute atomic E-state index is 13.7. The third-order valence-corrected chi connectivity index (χ3v) is 6.96. The molecule has 8 heteroatoms. The molecule has 2 atom stereocenters. The van der Waals surface area contributed by atoms with Crippen molar-refractivity contribution in [3.05, 3.63) is 131 Å². The van der Waals surface area contributed by atoms with Crippen molar-refractivity contribution >= 4 is 23.6 Å². The number of carbonyl (C=O) groups is 3. The van der Waals surface area contributed by atoms with E-state index >= 15 is 0 Å². The van der Waals surface area contributed by atoms with Crippen LogP contribution in [0, 0.1) is 6.92 Å². The van der Waals surface area contributed by atoms with Gasteiger partial charge in [0.1, 0.15) is 5.75 Å². The molecule has 0 spiro atoms. The first-order chi connectivity index (χ1) is 19.9. The second-order valence-electron chi connectivity index (χ2n) is 9.85. The molecule has 1 fully saturated rings. The van der Waals surface area contributed by atoms with E-state index in [2.05, 4.69) is 10.6 Å². The molecule has 5 rings (SSSR count). The maximum atomic E-state index is 13.7. The third-order valence-electron chi connectivity index (χ3n) is 6.96. The molecule has 4 aromatic carbocycles. The number of rotatable bonds is 9. The molecule has 2 N–H and O–H groups in total. The predicted octanol–water partition coefficient (Wildman–Crippen LogP) is 5.63. The molecule has 0 saturated carbocycles. The fraction of sp³-hybridized carbons (Fsp3) is 0.182. The van der Waals surface area contributed by atoms with Gasteiger partial charge in [-0.25, -0.2) is 4.79 Å². The van der Waals surface area contributed by atoms with Gasteiger partial charge in [-0.1, -0.05) is 84.4 Å².